The zero-order valence-electron chi connectivity index (χ0n) is 11.4. The highest BCUT2D eigenvalue weighted by Crippen LogP contribution is 2.23. The first-order valence-corrected chi connectivity index (χ1v) is 7.23. The van der Waals surface area contributed by atoms with Gasteiger partial charge in [0.2, 0.25) is 0 Å². The Bertz CT molecular complexity index is 557. The summed E-state index contributed by atoms with van der Waals surface area (Å²) in [6.07, 6.45) is 2.45. The van der Waals surface area contributed by atoms with Gasteiger partial charge in [0.05, 0.1) is 12.7 Å². The van der Waals surface area contributed by atoms with Gasteiger partial charge in [-0.15, -0.1) is 0 Å². The SMILES string of the molecule is Cn1cnc(S(=O)(=O)NC(CC(=O)O)C(C)(C)C)c1. The molecule has 2 N–H and O–H groups in total. The topological polar surface area (TPSA) is 101 Å². The van der Waals surface area contributed by atoms with Crippen molar-refractivity contribution >= 4 is 16.0 Å². The normalized spacial score (nSPS) is 14.3. The van der Waals surface area contributed by atoms with Crippen molar-refractivity contribution < 1.29 is 18.3 Å². The Balaban J connectivity index is 2.99. The summed E-state index contributed by atoms with van der Waals surface area (Å²) in [7, 11) is -2.16. The number of aliphatic carboxylic acids is 1. The second kappa shape index (κ2) is 5.30. The van der Waals surface area contributed by atoms with Gasteiger partial charge < -0.3 is 9.67 Å². The Morgan fingerprint density at radius 1 is 1.53 bits per heavy atom. The number of aryl methyl sites for hydroxylation is 1. The summed E-state index contributed by atoms with van der Waals surface area (Å²) >= 11 is 0. The van der Waals surface area contributed by atoms with Crippen LogP contribution in [0.1, 0.15) is 27.2 Å². The fraction of sp³-hybridized carbons (Fsp3) is 0.636. The number of aromatic nitrogens is 2. The molecular formula is C11H19N3O4S. The van der Waals surface area contributed by atoms with Crippen LogP contribution in [0.4, 0.5) is 0 Å². The predicted octanol–water partition coefficient (Wildman–Crippen LogP) is 0.588. The minimum absolute atomic E-state index is 0.116. The van der Waals surface area contributed by atoms with Gasteiger partial charge in [-0.3, -0.25) is 4.79 Å². The van der Waals surface area contributed by atoms with Gasteiger partial charge in [-0.25, -0.2) is 18.1 Å². The first-order valence-electron chi connectivity index (χ1n) is 5.74. The molecule has 8 heteroatoms. The molecule has 0 radical (unpaired) electrons. The van der Waals surface area contributed by atoms with E-state index in [0.717, 1.165) is 0 Å². The van der Waals surface area contributed by atoms with Gasteiger partial charge in [0.1, 0.15) is 0 Å². The molecule has 1 aromatic rings. The van der Waals surface area contributed by atoms with Crippen molar-refractivity contribution in [2.45, 2.75) is 38.3 Å². The lowest BCUT2D eigenvalue weighted by molar-refractivity contribution is -0.138. The maximum atomic E-state index is 12.1. The van der Waals surface area contributed by atoms with E-state index in [1.807, 2.05) is 0 Å². The number of sulfonamides is 1. The maximum absolute atomic E-state index is 12.1. The molecule has 19 heavy (non-hydrogen) atoms. The van der Waals surface area contributed by atoms with Crippen LogP contribution in [0.25, 0.3) is 0 Å². The Morgan fingerprint density at radius 2 is 2.11 bits per heavy atom. The molecule has 0 spiro atoms. The molecule has 0 saturated carbocycles. The second-order valence-corrected chi connectivity index (χ2v) is 7.18. The summed E-state index contributed by atoms with van der Waals surface area (Å²) in [6.45, 7) is 5.34. The third-order valence-corrected chi connectivity index (χ3v) is 4.03. The van der Waals surface area contributed by atoms with Crippen LogP contribution in [-0.4, -0.2) is 35.1 Å². The van der Waals surface area contributed by atoms with Gasteiger partial charge in [0, 0.05) is 19.3 Å². The van der Waals surface area contributed by atoms with Crippen LogP contribution in [0.2, 0.25) is 0 Å². The lowest BCUT2D eigenvalue weighted by Crippen LogP contribution is -2.45. The lowest BCUT2D eigenvalue weighted by atomic mass is 9.85. The summed E-state index contributed by atoms with van der Waals surface area (Å²) in [4.78, 5) is 14.6. The number of hydrogen-bond acceptors (Lipinski definition) is 4. The van der Waals surface area contributed by atoms with Crippen LogP contribution in [0.5, 0.6) is 0 Å². The average Bonchev–Trinajstić information content (AvgIpc) is 2.62. The fourth-order valence-electron chi connectivity index (χ4n) is 1.47. The van der Waals surface area contributed by atoms with Crippen molar-refractivity contribution in [1.82, 2.24) is 14.3 Å². The number of carboxylic acids is 1. The summed E-state index contributed by atoms with van der Waals surface area (Å²) in [5.41, 5.74) is -0.514. The molecular weight excluding hydrogens is 270 g/mol. The van der Waals surface area contributed by atoms with Crippen molar-refractivity contribution in [1.29, 1.82) is 0 Å². The van der Waals surface area contributed by atoms with E-state index in [0.29, 0.717) is 0 Å². The second-order valence-electron chi connectivity index (χ2n) is 5.52. The summed E-state index contributed by atoms with van der Waals surface area (Å²) in [5, 5.41) is 8.75. The highest BCUT2D eigenvalue weighted by atomic mass is 32.2. The van der Waals surface area contributed by atoms with Gasteiger partial charge in [0.25, 0.3) is 10.0 Å². The Labute approximate surface area is 112 Å². The lowest BCUT2D eigenvalue weighted by Gasteiger charge is -2.29. The first kappa shape index (κ1) is 15.6. The Kier molecular flexibility index (Phi) is 4.36. The average molecular weight is 289 g/mol. The summed E-state index contributed by atoms with van der Waals surface area (Å²) in [6, 6.07) is -0.711. The quantitative estimate of drug-likeness (QED) is 0.826. The van der Waals surface area contributed by atoms with Crippen LogP contribution in [-0.2, 0) is 21.9 Å². The molecule has 7 nitrogen and oxygen atoms in total. The van der Waals surface area contributed by atoms with Crippen molar-refractivity contribution in [3.63, 3.8) is 0 Å². The molecule has 0 aliphatic carbocycles. The van der Waals surface area contributed by atoms with Gasteiger partial charge in [0.15, 0.2) is 5.03 Å². The molecule has 0 aliphatic heterocycles. The highest BCUT2D eigenvalue weighted by molar-refractivity contribution is 7.89. The third kappa shape index (κ3) is 4.32. The van der Waals surface area contributed by atoms with Gasteiger partial charge in [-0.2, -0.15) is 0 Å². The van der Waals surface area contributed by atoms with E-state index < -0.39 is 27.4 Å². The smallest absolute Gasteiger partial charge is 0.304 e. The summed E-state index contributed by atoms with van der Waals surface area (Å²) < 4.78 is 28.1. The van der Waals surface area contributed by atoms with Crippen LogP contribution >= 0.6 is 0 Å². The molecule has 0 amide bonds. The maximum Gasteiger partial charge on any atom is 0.304 e. The number of carbonyl (C=O) groups is 1. The molecule has 1 rings (SSSR count). The molecule has 0 saturated heterocycles. The van der Waals surface area contributed by atoms with Crippen molar-refractivity contribution in [3.8, 4) is 0 Å². The monoisotopic (exact) mass is 289 g/mol. The first-order chi connectivity index (χ1) is 8.52. The Morgan fingerprint density at radius 3 is 2.47 bits per heavy atom. The van der Waals surface area contributed by atoms with Crippen molar-refractivity contribution in [2.24, 2.45) is 12.5 Å². The number of nitrogens with zero attached hydrogens (tertiary/aromatic N) is 2. The van der Waals surface area contributed by atoms with E-state index in [4.69, 9.17) is 5.11 Å². The fourth-order valence-corrected chi connectivity index (χ4v) is 2.90. The minimum Gasteiger partial charge on any atom is -0.481 e. The molecule has 1 unspecified atom stereocenters. The minimum atomic E-state index is -3.81. The van der Waals surface area contributed by atoms with Crippen molar-refractivity contribution in [3.05, 3.63) is 12.5 Å². The van der Waals surface area contributed by atoms with Crippen LogP contribution in [0.3, 0.4) is 0 Å². The predicted molar refractivity (Wildman–Crippen MR) is 69.0 cm³/mol. The molecule has 0 bridgehead atoms. The number of hydrogen-bond donors (Lipinski definition) is 2. The molecule has 1 heterocycles. The molecule has 108 valence electrons. The zero-order valence-corrected chi connectivity index (χ0v) is 12.2. The third-order valence-electron chi connectivity index (χ3n) is 2.68. The van der Waals surface area contributed by atoms with E-state index >= 15 is 0 Å². The molecule has 1 atom stereocenters. The number of imidazole rings is 1. The zero-order chi connectivity index (χ0) is 14.8. The molecule has 0 aromatic carbocycles. The van der Waals surface area contributed by atoms with E-state index in [-0.39, 0.29) is 11.4 Å². The van der Waals surface area contributed by atoms with E-state index in [1.54, 1.807) is 27.8 Å². The van der Waals surface area contributed by atoms with E-state index in [1.165, 1.54) is 17.1 Å². The molecule has 0 aliphatic rings. The number of rotatable bonds is 5. The number of carboxylic acid groups (broad SMARTS) is 1. The van der Waals surface area contributed by atoms with Crippen LogP contribution in [0, 0.1) is 5.41 Å². The van der Waals surface area contributed by atoms with E-state index in [2.05, 4.69) is 9.71 Å². The number of nitrogens with one attached hydrogen (secondary N) is 1. The van der Waals surface area contributed by atoms with Crippen LogP contribution < -0.4 is 4.72 Å². The van der Waals surface area contributed by atoms with Gasteiger partial charge >= 0.3 is 5.97 Å². The molecule has 0 fully saturated rings. The standard InChI is InChI=1S/C11H19N3O4S/c1-11(2,3)8(5-10(15)16)13-19(17,18)9-6-14(4)7-12-9/h6-8,13H,5H2,1-4H3,(H,15,16). The molecule has 1 aromatic heterocycles. The summed E-state index contributed by atoms with van der Waals surface area (Å²) in [5.74, 6) is -1.05. The van der Waals surface area contributed by atoms with Crippen LogP contribution in [0.15, 0.2) is 17.6 Å². The Hall–Kier alpha value is -1.41. The van der Waals surface area contributed by atoms with Crippen molar-refractivity contribution in [2.75, 3.05) is 0 Å². The highest BCUT2D eigenvalue weighted by Gasteiger charge is 2.32. The largest absolute Gasteiger partial charge is 0.481 e. The van der Waals surface area contributed by atoms with E-state index in [9.17, 15) is 13.2 Å². The van der Waals surface area contributed by atoms with Gasteiger partial charge in [-0.05, 0) is 5.41 Å². The van der Waals surface area contributed by atoms with Gasteiger partial charge in [-0.1, -0.05) is 20.8 Å².